The van der Waals surface area contributed by atoms with Gasteiger partial charge in [0.2, 0.25) is 0 Å². The number of anilines is 1. The fourth-order valence-corrected chi connectivity index (χ4v) is 2.38. The molecule has 2 heterocycles. The van der Waals surface area contributed by atoms with Crippen molar-refractivity contribution in [3.63, 3.8) is 0 Å². The van der Waals surface area contributed by atoms with Crippen molar-refractivity contribution in [2.75, 3.05) is 11.9 Å². The minimum Gasteiger partial charge on any atom is -0.370 e. The smallest absolute Gasteiger partial charge is 0.197 e. The van der Waals surface area contributed by atoms with E-state index < -0.39 is 0 Å². The highest BCUT2D eigenvalue weighted by atomic mass is 32.2. The van der Waals surface area contributed by atoms with Crippen LogP contribution in [0.3, 0.4) is 0 Å². The maximum Gasteiger partial charge on any atom is 0.197 e. The SMILES string of the molecule is CCCc1nc(NCC)cc(Sc2nncn2C)n1. The Morgan fingerprint density at radius 1 is 1.32 bits per heavy atom. The van der Waals surface area contributed by atoms with E-state index in [1.165, 1.54) is 11.8 Å². The maximum atomic E-state index is 4.55. The quantitative estimate of drug-likeness (QED) is 0.816. The molecular weight excluding hydrogens is 260 g/mol. The topological polar surface area (TPSA) is 68.5 Å². The summed E-state index contributed by atoms with van der Waals surface area (Å²) in [7, 11) is 1.92. The van der Waals surface area contributed by atoms with Crippen LogP contribution < -0.4 is 5.32 Å². The first-order valence-corrected chi connectivity index (χ1v) is 7.18. The van der Waals surface area contributed by atoms with Gasteiger partial charge in [0.15, 0.2) is 5.16 Å². The van der Waals surface area contributed by atoms with Crippen LogP contribution in [0.1, 0.15) is 26.1 Å². The fraction of sp³-hybridized carbons (Fsp3) is 0.500. The van der Waals surface area contributed by atoms with E-state index in [1.807, 2.05) is 17.7 Å². The number of hydrogen-bond acceptors (Lipinski definition) is 6. The molecule has 0 aliphatic rings. The van der Waals surface area contributed by atoms with E-state index in [9.17, 15) is 0 Å². The number of nitrogens with zero attached hydrogens (tertiary/aromatic N) is 5. The van der Waals surface area contributed by atoms with Crippen LogP contribution >= 0.6 is 11.8 Å². The van der Waals surface area contributed by atoms with Crippen LogP contribution in [0.2, 0.25) is 0 Å². The predicted molar refractivity (Wildman–Crippen MR) is 75.3 cm³/mol. The van der Waals surface area contributed by atoms with E-state index in [0.717, 1.165) is 41.2 Å². The highest BCUT2D eigenvalue weighted by Crippen LogP contribution is 2.25. The average molecular weight is 278 g/mol. The van der Waals surface area contributed by atoms with Crippen molar-refractivity contribution < 1.29 is 0 Å². The highest BCUT2D eigenvalue weighted by Gasteiger charge is 2.08. The zero-order valence-electron chi connectivity index (χ0n) is 11.4. The molecule has 0 radical (unpaired) electrons. The molecule has 0 saturated heterocycles. The second-order valence-electron chi connectivity index (χ2n) is 4.11. The van der Waals surface area contributed by atoms with Crippen molar-refractivity contribution in [2.45, 2.75) is 36.9 Å². The molecule has 0 unspecified atom stereocenters. The van der Waals surface area contributed by atoms with E-state index in [0.29, 0.717) is 0 Å². The Kier molecular flexibility index (Phi) is 4.73. The van der Waals surface area contributed by atoms with Gasteiger partial charge in [-0.2, -0.15) is 0 Å². The lowest BCUT2D eigenvalue weighted by atomic mass is 10.3. The standard InChI is InChI=1S/C12H18N6S/c1-4-6-9-15-10(13-5-2)7-11(16-9)19-12-17-14-8-18(12)3/h7-8H,4-6H2,1-3H3,(H,13,15,16). The Bertz CT molecular complexity index is 515. The average Bonchev–Trinajstić information content (AvgIpc) is 2.76. The largest absolute Gasteiger partial charge is 0.370 e. The summed E-state index contributed by atoms with van der Waals surface area (Å²) in [5, 5.41) is 12.9. The molecule has 19 heavy (non-hydrogen) atoms. The lowest BCUT2D eigenvalue weighted by Crippen LogP contribution is -2.04. The van der Waals surface area contributed by atoms with Gasteiger partial charge in [-0.05, 0) is 25.1 Å². The third kappa shape index (κ3) is 3.66. The number of aromatic nitrogens is 5. The van der Waals surface area contributed by atoms with Crippen molar-refractivity contribution in [3.8, 4) is 0 Å². The summed E-state index contributed by atoms with van der Waals surface area (Å²) in [5.74, 6) is 1.73. The van der Waals surface area contributed by atoms with Crippen LogP contribution in [0.4, 0.5) is 5.82 Å². The van der Waals surface area contributed by atoms with Gasteiger partial charge in [-0.25, -0.2) is 9.97 Å². The molecular formula is C12H18N6S. The molecule has 0 atom stereocenters. The molecule has 0 bridgehead atoms. The Labute approximate surface area is 117 Å². The summed E-state index contributed by atoms with van der Waals surface area (Å²) in [6.45, 7) is 5.02. The van der Waals surface area contributed by atoms with Crippen molar-refractivity contribution >= 4 is 17.6 Å². The molecule has 102 valence electrons. The Balaban J connectivity index is 2.25. The molecule has 0 fully saturated rings. The molecule has 2 aromatic heterocycles. The van der Waals surface area contributed by atoms with Crippen LogP contribution in [-0.2, 0) is 13.5 Å². The van der Waals surface area contributed by atoms with Crippen molar-refractivity contribution in [2.24, 2.45) is 7.05 Å². The lowest BCUT2D eigenvalue weighted by molar-refractivity contribution is 0.780. The maximum absolute atomic E-state index is 4.55. The van der Waals surface area contributed by atoms with E-state index in [-0.39, 0.29) is 0 Å². The first-order valence-electron chi connectivity index (χ1n) is 6.36. The monoisotopic (exact) mass is 278 g/mol. The summed E-state index contributed by atoms with van der Waals surface area (Å²) in [6, 6.07) is 1.95. The van der Waals surface area contributed by atoms with Gasteiger partial charge in [0.1, 0.15) is 23.0 Å². The molecule has 0 amide bonds. The number of aryl methyl sites for hydroxylation is 2. The molecule has 7 heteroatoms. The molecule has 0 saturated carbocycles. The van der Waals surface area contributed by atoms with Crippen LogP contribution in [0, 0.1) is 0 Å². The molecule has 2 aromatic rings. The second-order valence-corrected chi connectivity index (χ2v) is 5.10. The normalized spacial score (nSPS) is 10.7. The van der Waals surface area contributed by atoms with Gasteiger partial charge in [-0.15, -0.1) is 10.2 Å². The number of hydrogen-bond donors (Lipinski definition) is 1. The van der Waals surface area contributed by atoms with Crippen molar-refractivity contribution in [3.05, 3.63) is 18.2 Å². The van der Waals surface area contributed by atoms with Gasteiger partial charge in [0.25, 0.3) is 0 Å². The van der Waals surface area contributed by atoms with E-state index in [1.54, 1.807) is 6.33 Å². The number of rotatable bonds is 6. The van der Waals surface area contributed by atoms with E-state index >= 15 is 0 Å². The first kappa shape index (κ1) is 13.8. The Hall–Kier alpha value is -1.63. The van der Waals surface area contributed by atoms with Gasteiger partial charge < -0.3 is 9.88 Å². The van der Waals surface area contributed by atoms with Gasteiger partial charge in [-0.3, -0.25) is 0 Å². The van der Waals surface area contributed by atoms with E-state index in [4.69, 9.17) is 0 Å². The minimum atomic E-state index is 0.823. The summed E-state index contributed by atoms with van der Waals surface area (Å²) in [6.07, 6.45) is 3.59. The molecule has 0 aliphatic heterocycles. The minimum absolute atomic E-state index is 0.823. The zero-order valence-corrected chi connectivity index (χ0v) is 12.2. The molecule has 2 rings (SSSR count). The van der Waals surface area contributed by atoms with Gasteiger partial charge in [0.05, 0.1) is 0 Å². The van der Waals surface area contributed by atoms with Gasteiger partial charge in [-0.1, -0.05) is 6.92 Å². The van der Waals surface area contributed by atoms with E-state index in [2.05, 4.69) is 39.3 Å². The van der Waals surface area contributed by atoms with Gasteiger partial charge in [0, 0.05) is 26.1 Å². The van der Waals surface area contributed by atoms with Crippen molar-refractivity contribution in [1.82, 2.24) is 24.7 Å². The number of nitrogens with one attached hydrogen (secondary N) is 1. The second kappa shape index (κ2) is 6.51. The molecule has 0 aromatic carbocycles. The summed E-state index contributed by atoms with van der Waals surface area (Å²) in [5.41, 5.74) is 0. The fourth-order valence-electron chi connectivity index (χ4n) is 1.59. The Morgan fingerprint density at radius 3 is 2.79 bits per heavy atom. The van der Waals surface area contributed by atoms with Crippen LogP contribution in [-0.4, -0.2) is 31.3 Å². The predicted octanol–water partition coefficient (Wildman–Crippen LogP) is 2.14. The highest BCUT2D eigenvalue weighted by molar-refractivity contribution is 7.99. The van der Waals surface area contributed by atoms with Crippen LogP contribution in [0.15, 0.2) is 22.6 Å². The third-order valence-corrected chi connectivity index (χ3v) is 3.42. The third-order valence-electron chi connectivity index (χ3n) is 2.45. The van der Waals surface area contributed by atoms with Crippen LogP contribution in [0.25, 0.3) is 0 Å². The molecule has 0 spiro atoms. The zero-order chi connectivity index (χ0) is 13.7. The first-order chi connectivity index (χ1) is 9.22. The summed E-state index contributed by atoms with van der Waals surface area (Å²) < 4.78 is 1.87. The van der Waals surface area contributed by atoms with Crippen molar-refractivity contribution in [1.29, 1.82) is 0 Å². The molecule has 6 nitrogen and oxygen atoms in total. The summed E-state index contributed by atoms with van der Waals surface area (Å²) >= 11 is 1.50. The van der Waals surface area contributed by atoms with Crippen LogP contribution in [0.5, 0.6) is 0 Å². The molecule has 1 N–H and O–H groups in total. The Morgan fingerprint density at radius 2 is 2.16 bits per heavy atom. The van der Waals surface area contributed by atoms with Gasteiger partial charge >= 0.3 is 0 Å². The lowest BCUT2D eigenvalue weighted by Gasteiger charge is -2.07. The molecule has 0 aliphatic carbocycles. The summed E-state index contributed by atoms with van der Waals surface area (Å²) in [4.78, 5) is 9.04.